The van der Waals surface area contributed by atoms with Crippen LogP contribution in [-0.2, 0) is 28.5 Å². The van der Waals surface area contributed by atoms with Crippen LogP contribution in [-0.4, -0.2) is 83.5 Å². The van der Waals surface area contributed by atoms with Crippen LogP contribution in [0.2, 0.25) is 0 Å². The molecule has 0 aromatic heterocycles. The lowest BCUT2D eigenvalue weighted by Gasteiger charge is -2.47. The average Bonchev–Trinajstić information content (AvgIpc) is 2.45. The number of likely N-dealkylation sites (N-methyl/N-ethyl adjacent to an activating group) is 1. The Balaban J connectivity index is 3.04. The highest BCUT2D eigenvalue weighted by Crippen LogP contribution is 2.28. The van der Waals surface area contributed by atoms with Crippen molar-refractivity contribution in [3.8, 4) is 0 Å². The Hall–Kier alpha value is -0.730. The van der Waals surface area contributed by atoms with E-state index in [4.69, 9.17) is 23.7 Å². The van der Waals surface area contributed by atoms with Crippen LogP contribution in [0.25, 0.3) is 0 Å². The lowest BCUT2D eigenvalue weighted by Crippen LogP contribution is -2.65. The van der Waals surface area contributed by atoms with E-state index < -0.39 is 6.29 Å². The summed E-state index contributed by atoms with van der Waals surface area (Å²) >= 11 is 0. The number of rotatable bonds is 6. The number of nitrogens with zero attached hydrogens (tertiary/aromatic N) is 1. The van der Waals surface area contributed by atoms with Gasteiger partial charge in [-0.25, -0.2) is 0 Å². The van der Waals surface area contributed by atoms with Crippen LogP contribution in [0.15, 0.2) is 0 Å². The van der Waals surface area contributed by atoms with Gasteiger partial charge in [0.05, 0.1) is 6.61 Å². The molecule has 0 N–H and O–H groups in total. The molecule has 0 spiro atoms. The first kappa shape index (κ1) is 17.3. The van der Waals surface area contributed by atoms with Crippen LogP contribution in [0.4, 0.5) is 0 Å². The summed E-state index contributed by atoms with van der Waals surface area (Å²) in [4.78, 5) is 13.2. The highest BCUT2D eigenvalue weighted by molar-refractivity contribution is 5.73. The molecule has 118 valence electrons. The second-order valence-electron chi connectivity index (χ2n) is 4.76. The van der Waals surface area contributed by atoms with Crippen LogP contribution < -0.4 is 0 Å². The maximum Gasteiger partial charge on any atom is 0.219 e. The summed E-state index contributed by atoms with van der Waals surface area (Å²) in [5.74, 6) is -0.0947. The Bertz CT molecular complexity index is 313. The van der Waals surface area contributed by atoms with Gasteiger partial charge in [0, 0.05) is 42.4 Å². The SMILES string of the molecule is COC[C@H]1O[C@H](OC)[C@H](N(C)C(C)=O)[C@@H](OC)[C@H]1OC. The van der Waals surface area contributed by atoms with Crippen molar-refractivity contribution in [3.63, 3.8) is 0 Å². The Morgan fingerprint density at radius 1 is 1.10 bits per heavy atom. The molecule has 1 heterocycles. The fourth-order valence-electron chi connectivity index (χ4n) is 2.56. The monoisotopic (exact) mass is 291 g/mol. The number of hydrogen-bond donors (Lipinski definition) is 0. The van der Waals surface area contributed by atoms with E-state index in [1.165, 1.54) is 14.0 Å². The molecule has 7 nitrogen and oxygen atoms in total. The molecule has 1 aliphatic rings. The van der Waals surface area contributed by atoms with Gasteiger partial charge in [-0.1, -0.05) is 0 Å². The van der Waals surface area contributed by atoms with E-state index in [0.29, 0.717) is 6.61 Å². The van der Waals surface area contributed by atoms with E-state index in [0.717, 1.165) is 0 Å². The molecule has 1 fully saturated rings. The van der Waals surface area contributed by atoms with E-state index in [1.54, 1.807) is 33.3 Å². The summed E-state index contributed by atoms with van der Waals surface area (Å²) in [6, 6.07) is -0.388. The third kappa shape index (κ3) is 3.48. The van der Waals surface area contributed by atoms with Crippen molar-refractivity contribution in [3.05, 3.63) is 0 Å². The predicted octanol–water partition coefficient (Wildman–Crippen LogP) is -0.119. The molecule has 0 bridgehead atoms. The van der Waals surface area contributed by atoms with Crippen molar-refractivity contribution >= 4 is 5.91 Å². The van der Waals surface area contributed by atoms with Crippen LogP contribution in [0.3, 0.4) is 0 Å². The van der Waals surface area contributed by atoms with Crippen molar-refractivity contribution in [2.75, 3.05) is 42.1 Å². The zero-order chi connectivity index (χ0) is 15.3. The van der Waals surface area contributed by atoms with Gasteiger partial charge in [0.2, 0.25) is 5.91 Å². The predicted molar refractivity (Wildman–Crippen MR) is 71.4 cm³/mol. The maximum atomic E-state index is 11.7. The average molecular weight is 291 g/mol. The van der Waals surface area contributed by atoms with Gasteiger partial charge in [0.1, 0.15) is 24.4 Å². The molecule has 7 heteroatoms. The van der Waals surface area contributed by atoms with Gasteiger partial charge in [-0.15, -0.1) is 0 Å². The number of carbonyl (C=O) groups excluding carboxylic acids is 1. The number of amides is 1. The molecular formula is C13H25NO6. The highest BCUT2D eigenvalue weighted by atomic mass is 16.7. The standard InChI is InChI=1S/C13H25NO6/c1-8(15)14(2)10-12(18-5)11(17-4)9(7-16-3)20-13(10)19-6/h9-13H,7H2,1-6H3/t9-,10-,11+,12-,13+/m1/s1. The van der Waals surface area contributed by atoms with Gasteiger partial charge in [0.25, 0.3) is 0 Å². The number of methoxy groups -OCH3 is 4. The smallest absolute Gasteiger partial charge is 0.219 e. The fraction of sp³-hybridized carbons (Fsp3) is 0.923. The van der Waals surface area contributed by atoms with E-state index >= 15 is 0 Å². The first-order chi connectivity index (χ1) is 9.51. The van der Waals surface area contributed by atoms with Crippen LogP contribution >= 0.6 is 0 Å². The summed E-state index contributed by atoms with van der Waals surface area (Å²) in [6.45, 7) is 1.84. The Labute approximate surface area is 120 Å². The van der Waals surface area contributed by atoms with Gasteiger partial charge in [-0.3, -0.25) is 4.79 Å². The molecule has 1 rings (SSSR count). The minimum absolute atomic E-state index is 0.0947. The van der Waals surface area contributed by atoms with Crippen LogP contribution in [0.1, 0.15) is 6.92 Å². The van der Waals surface area contributed by atoms with Crippen LogP contribution in [0.5, 0.6) is 0 Å². The first-order valence-corrected chi connectivity index (χ1v) is 6.47. The quantitative estimate of drug-likeness (QED) is 0.680. The summed E-state index contributed by atoms with van der Waals surface area (Å²) in [6.07, 6.45) is -1.64. The van der Waals surface area contributed by atoms with E-state index in [-0.39, 0.29) is 30.3 Å². The van der Waals surface area contributed by atoms with Gasteiger partial charge in [-0.2, -0.15) is 0 Å². The van der Waals surface area contributed by atoms with Crippen molar-refractivity contribution in [1.82, 2.24) is 4.90 Å². The Morgan fingerprint density at radius 3 is 2.10 bits per heavy atom. The van der Waals surface area contributed by atoms with Gasteiger partial charge in [0.15, 0.2) is 6.29 Å². The third-order valence-corrected chi connectivity index (χ3v) is 3.67. The lowest BCUT2D eigenvalue weighted by molar-refractivity contribution is -0.285. The fourth-order valence-corrected chi connectivity index (χ4v) is 2.56. The zero-order valence-electron chi connectivity index (χ0n) is 13.0. The molecule has 20 heavy (non-hydrogen) atoms. The van der Waals surface area contributed by atoms with E-state index in [9.17, 15) is 4.79 Å². The second kappa shape index (κ2) is 7.90. The minimum Gasteiger partial charge on any atom is -0.382 e. The number of carbonyl (C=O) groups is 1. The Kier molecular flexibility index (Phi) is 6.84. The Morgan fingerprint density at radius 2 is 1.70 bits per heavy atom. The molecule has 0 saturated carbocycles. The first-order valence-electron chi connectivity index (χ1n) is 6.47. The summed E-state index contributed by atoms with van der Waals surface area (Å²) in [5, 5.41) is 0. The minimum atomic E-state index is -0.597. The second-order valence-corrected chi connectivity index (χ2v) is 4.76. The topological polar surface area (TPSA) is 66.5 Å². The summed E-state index contributed by atoms with van der Waals surface area (Å²) in [5.41, 5.74) is 0. The van der Waals surface area contributed by atoms with E-state index in [2.05, 4.69) is 0 Å². The van der Waals surface area contributed by atoms with Gasteiger partial charge < -0.3 is 28.6 Å². The van der Waals surface area contributed by atoms with Crippen molar-refractivity contribution in [1.29, 1.82) is 0 Å². The molecule has 0 unspecified atom stereocenters. The molecule has 0 aromatic rings. The van der Waals surface area contributed by atoms with Crippen molar-refractivity contribution in [2.45, 2.75) is 37.6 Å². The molecule has 1 saturated heterocycles. The number of hydrogen-bond acceptors (Lipinski definition) is 6. The molecule has 1 aliphatic heterocycles. The lowest BCUT2D eigenvalue weighted by atomic mass is 9.95. The molecule has 5 atom stereocenters. The van der Waals surface area contributed by atoms with Gasteiger partial charge >= 0.3 is 0 Å². The molecule has 0 radical (unpaired) electrons. The molecule has 0 aliphatic carbocycles. The van der Waals surface area contributed by atoms with Crippen molar-refractivity contribution in [2.24, 2.45) is 0 Å². The normalized spacial score (nSPS) is 34.0. The van der Waals surface area contributed by atoms with Crippen LogP contribution in [0, 0.1) is 0 Å². The van der Waals surface area contributed by atoms with E-state index in [1.807, 2.05) is 0 Å². The molecular weight excluding hydrogens is 266 g/mol. The zero-order valence-corrected chi connectivity index (χ0v) is 13.0. The largest absolute Gasteiger partial charge is 0.382 e. The molecule has 0 aromatic carbocycles. The van der Waals surface area contributed by atoms with Gasteiger partial charge in [-0.05, 0) is 0 Å². The maximum absolute atomic E-state index is 11.7. The van der Waals surface area contributed by atoms with Crippen molar-refractivity contribution < 1.29 is 28.5 Å². The number of ether oxygens (including phenoxy) is 5. The highest BCUT2D eigenvalue weighted by Gasteiger charge is 2.49. The summed E-state index contributed by atoms with van der Waals surface area (Å²) < 4.78 is 27.4. The molecule has 1 amide bonds. The summed E-state index contributed by atoms with van der Waals surface area (Å²) in [7, 11) is 7.99. The third-order valence-electron chi connectivity index (χ3n) is 3.67.